The molecule has 6 heteroatoms. The Kier molecular flexibility index (Phi) is 4.18. The molecule has 0 unspecified atom stereocenters. The molecule has 118 valence electrons. The van der Waals surface area contributed by atoms with Gasteiger partial charge in [-0.05, 0) is 30.8 Å². The Labute approximate surface area is 138 Å². The number of hydrogen-bond donors (Lipinski definition) is 4. The van der Waals surface area contributed by atoms with Crippen LogP contribution in [0.2, 0.25) is 0 Å². The summed E-state index contributed by atoms with van der Waals surface area (Å²) >= 11 is 1.76. The zero-order chi connectivity index (χ0) is 16.4. The van der Waals surface area contributed by atoms with Crippen LogP contribution in [-0.4, -0.2) is 18.4 Å². The van der Waals surface area contributed by atoms with Crippen LogP contribution in [0.15, 0.2) is 36.9 Å². The lowest BCUT2D eigenvalue weighted by Gasteiger charge is -2.02. The third-order valence-corrected chi connectivity index (χ3v) is 4.75. The minimum atomic E-state index is 0.417. The van der Waals surface area contributed by atoms with Gasteiger partial charge >= 0.3 is 0 Å². The van der Waals surface area contributed by atoms with E-state index in [1.807, 2.05) is 13.1 Å². The number of carbonyl (C=O) groups is 1. The number of H-pyrrole nitrogens is 1. The van der Waals surface area contributed by atoms with Gasteiger partial charge in [0.1, 0.15) is 5.82 Å². The molecule has 5 nitrogen and oxygen atoms in total. The fourth-order valence-electron chi connectivity index (χ4n) is 2.65. The van der Waals surface area contributed by atoms with Gasteiger partial charge in [-0.1, -0.05) is 18.7 Å². The summed E-state index contributed by atoms with van der Waals surface area (Å²) in [6.45, 7) is 4.65. The van der Waals surface area contributed by atoms with E-state index in [0.29, 0.717) is 17.9 Å². The number of fused-ring (bicyclic) bond motifs is 1. The van der Waals surface area contributed by atoms with E-state index in [1.54, 1.807) is 11.3 Å². The smallest absolute Gasteiger partial charge is 0.212 e. The molecule has 0 fully saturated rings. The highest BCUT2D eigenvalue weighted by Crippen LogP contribution is 2.34. The topological polar surface area (TPSA) is 82.9 Å². The lowest BCUT2D eigenvalue weighted by Crippen LogP contribution is -2.02. The van der Waals surface area contributed by atoms with Gasteiger partial charge in [0.25, 0.3) is 0 Å². The maximum Gasteiger partial charge on any atom is 0.212 e. The molecule has 3 aromatic rings. The van der Waals surface area contributed by atoms with Crippen molar-refractivity contribution in [2.75, 3.05) is 12.4 Å². The number of nitrogens with two attached hydrogens (primary N) is 1. The van der Waals surface area contributed by atoms with E-state index in [2.05, 4.69) is 46.5 Å². The first-order valence-electron chi connectivity index (χ1n) is 7.18. The molecule has 1 aromatic carbocycles. The molecule has 0 aliphatic carbocycles. The number of benzene rings is 1. The summed E-state index contributed by atoms with van der Waals surface area (Å²) < 4.78 is 0. The third kappa shape index (κ3) is 2.86. The zero-order valence-corrected chi connectivity index (χ0v) is 13.6. The van der Waals surface area contributed by atoms with Gasteiger partial charge in [-0.25, -0.2) is 0 Å². The number of hydrogen-bond acceptors (Lipinski definition) is 4. The van der Waals surface area contributed by atoms with Crippen molar-refractivity contribution in [2.45, 2.75) is 6.54 Å². The molecule has 3 rings (SSSR count). The Hall–Kier alpha value is -2.57. The van der Waals surface area contributed by atoms with Crippen LogP contribution >= 0.6 is 11.3 Å². The Morgan fingerprint density at radius 1 is 1.39 bits per heavy atom. The van der Waals surface area contributed by atoms with E-state index in [-0.39, 0.29) is 0 Å². The highest BCUT2D eigenvalue weighted by Gasteiger charge is 2.13. The summed E-state index contributed by atoms with van der Waals surface area (Å²) in [5.41, 5.74) is 9.06. The first-order valence-corrected chi connectivity index (χ1v) is 8.00. The molecular weight excluding hydrogens is 308 g/mol. The van der Waals surface area contributed by atoms with Crippen molar-refractivity contribution in [2.24, 2.45) is 5.73 Å². The fourth-order valence-corrected chi connectivity index (χ4v) is 3.67. The molecule has 0 radical (unpaired) electrons. The summed E-state index contributed by atoms with van der Waals surface area (Å²) in [7, 11) is 1.94. The normalized spacial score (nSPS) is 10.8. The van der Waals surface area contributed by atoms with Crippen molar-refractivity contribution < 1.29 is 4.79 Å². The quantitative estimate of drug-likeness (QED) is 0.525. The highest BCUT2D eigenvalue weighted by atomic mass is 32.1. The van der Waals surface area contributed by atoms with Crippen molar-refractivity contribution in [3.63, 3.8) is 0 Å². The van der Waals surface area contributed by atoms with E-state index in [9.17, 15) is 4.79 Å². The Morgan fingerprint density at radius 2 is 2.22 bits per heavy atom. The molecule has 2 heterocycles. The minimum absolute atomic E-state index is 0.417. The number of carbonyl (C=O) groups excluding carboxylic acids is 1. The first kappa shape index (κ1) is 15.3. The van der Waals surface area contributed by atoms with Gasteiger partial charge in [0.15, 0.2) is 0 Å². The predicted octanol–water partition coefficient (Wildman–Crippen LogP) is 3.11. The number of aromatic amines is 1. The summed E-state index contributed by atoms with van der Waals surface area (Å²) in [4.78, 5) is 16.5. The molecule has 0 aliphatic rings. The predicted molar refractivity (Wildman–Crippen MR) is 97.3 cm³/mol. The summed E-state index contributed by atoms with van der Waals surface area (Å²) in [6.07, 6.45) is 0.626. The second-order valence-electron chi connectivity index (χ2n) is 5.22. The third-order valence-electron chi connectivity index (χ3n) is 3.62. The largest absolute Gasteiger partial charge is 0.399 e. The van der Waals surface area contributed by atoms with Crippen LogP contribution in [0.4, 0.5) is 5.82 Å². The second kappa shape index (κ2) is 6.28. The average molecular weight is 326 g/mol. The van der Waals surface area contributed by atoms with Crippen molar-refractivity contribution in [1.82, 2.24) is 10.3 Å². The highest BCUT2D eigenvalue weighted by molar-refractivity contribution is 7.15. The first-order chi connectivity index (χ1) is 11.1. The molecule has 0 saturated carbocycles. The minimum Gasteiger partial charge on any atom is -0.399 e. The van der Waals surface area contributed by atoms with Crippen LogP contribution < -0.4 is 16.4 Å². The van der Waals surface area contributed by atoms with Gasteiger partial charge in [0.05, 0.1) is 0 Å². The van der Waals surface area contributed by atoms with Crippen LogP contribution in [0.3, 0.4) is 0 Å². The standard InChI is InChI=1S/C17H18N4OS/c1-10(18)16-13-5-3-11(7-14(13)21-17(16)20-9-22)15-6-4-12(23-15)8-19-2/h3-7,9,19,21H,1,8,18H2,2H3,(H,20,22). The number of rotatable bonds is 6. The Balaban J connectivity index is 2.07. The Morgan fingerprint density at radius 3 is 2.91 bits per heavy atom. The lowest BCUT2D eigenvalue weighted by molar-refractivity contribution is -0.105. The van der Waals surface area contributed by atoms with Gasteiger partial charge in [-0.2, -0.15) is 0 Å². The van der Waals surface area contributed by atoms with Crippen molar-refractivity contribution in [3.05, 3.63) is 47.4 Å². The number of thiophene rings is 1. The van der Waals surface area contributed by atoms with Crippen LogP contribution in [0, 0.1) is 0 Å². The number of nitrogens with one attached hydrogen (secondary N) is 3. The maximum atomic E-state index is 10.8. The number of aromatic nitrogens is 1. The van der Waals surface area contributed by atoms with E-state index in [4.69, 9.17) is 5.73 Å². The van der Waals surface area contributed by atoms with Gasteiger partial charge in [0.2, 0.25) is 6.41 Å². The summed E-state index contributed by atoms with van der Waals surface area (Å²) in [6, 6.07) is 10.4. The fraction of sp³-hybridized carbons (Fsp3) is 0.118. The molecule has 0 spiro atoms. The van der Waals surface area contributed by atoms with E-state index < -0.39 is 0 Å². The molecule has 2 aromatic heterocycles. The van der Waals surface area contributed by atoms with Gasteiger partial charge in [-0.15, -0.1) is 11.3 Å². The maximum absolute atomic E-state index is 10.8. The molecule has 0 aliphatic heterocycles. The molecule has 1 amide bonds. The monoisotopic (exact) mass is 326 g/mol. The Bertz CT molecular complexity index is 878. The van der Waals surface area contributed by atoms with Crippen molar-refractivity contribution in [1.29, 1.82) is 0 Å². The van der Waals surface area contributed by atoms with Crippen molar-refractivity contribution >= 4 is 40.2 Å². The number of anilines is 1. The van der Waals surface area contributed by atoms with Crippen LogP contribution in [-0.2, 0) is 11.3 Å². The van der Waals surface area contributed by atoms with E-state index in [0.717, 1.165) is 28.6 Å². The summed E-state index contributed by atoms with van der Waals surface area (Å²) in [5, 5.41) is 6.74. The molecule has 0 atom stereocenters. The SMILES string of the molecule is C=C(N)c1c(NC=O)[nH]c2cc(-c3ccc(CNC)s3)ccc12. The molecule has 0 saturated heterocycles. The van der Waals surface area contributed by atoms with Crippen LogP contribution in [0.1, 0.15) is 10.4 Å². The van der Waals surface area contributed by atoms with E-state index in [1.165, 1.54) is 9.75 Å². The van der Waals surface area contributed by atoms with Gasteiger partial charge < -0.3 is 21.4 Å². The molecule has 23 heavy (non-hydrogen) atoms. The van der Waals surface area contributed by atoms with Crippen molar-refractivity contribution in [3.8, 4) is 10.4 Å². The molecular formula is C17H18N4OS. The zero-order valence-electron chi connectivity index (χ0n) is 12.8. The van der Waals surface area contributed by atoms with Gasteiger partial charge in [-0.3, -0.25) is 4.79 Å². The van der Waals surface area contributed by atoms with Crippen LogP contribution in [0.25, 0.3) is 27.0 Å². The average Bonchev–Trinajstić information content (AvgIpc) is 3.11. The number of amides is 1. The summed E-state index contributed by atoms with van der Waals surface area (Å²) in [5.74, 6) is 0.571. The molecule has 5 N–H and O–H groups in total. The van der Waals surface area contributed by atoms with Crippen LogP contribution in [0.5, 0.6) is 0 Å². The molecule has 0 bridgehead atoms. The second-order valence-corrected chi connectivity index (χ2v) is 6.39. The lowest BCUT2D eigenvalue weighted by atomic mass is 10.1. The van der Waals surface area contributed by atoms with Gasteiger partial charge in [0, 0.05) is 38.5 Å². The van der Waals surface area contributed by atoms with E-state index >= 15 is 0 Å².